The number of nitro groups is 1. The lowest BCUT2D eigenvalue weighted by molar-refractivity contribution is -0.384. The van der Waals surface area contributed by atoms with E-state index in [-0.39, 0.29) is 35.7 Å². The van der Waals surface area contributed by atoms with Crippen LogP contribution in [0.4, 0.5) is 11.4 Å². The zero-order chi connectivity index (χ0) is 21.8. The molecule has 0 heterocycles. The van der Waals surface area contributed by atoms with Crippen molar-refractivity contribution in [3.05, 3.63) is 33.9 Å². The van der Waals surface area contributed by atoms with Crippen molar-refractivity contribution in [1.29, 1.82) is 0 Å². The minimum Gasteiger partial charge on any atom is -0.351 e. The van der Waals surface area contributed by atoms with Gasteiger partial charge in [-0.2, -0.15) is 0 Å². The Balaban J connectivity index is 3.45. The third-order valence-corrected chi connectivity index (χ3v) is 5.88. The van der Waals surface area contributed by atoms with Crippen LogP contribution in [0.15, 0.2) is 18.2 Å². The summed E-state index contributed by atoms with van der Waals surface area (Å²) in [5.74, 6) is -0.0633. The number of nitrogens with one attached hydrogen (secondary N) is 1. The maximum Gasteiger partial charge on any atom is 0.271 e. The van der Waals surface area contributed by atoms with E-state index < -0.39 is 26.9 Å². The summed E-state index contributed by atoms with van der Waals surface area (Å²) in [7, 11) is -3.87. The first-order valence-electron chi connectivity index (χ1n) is 9.36. The quantitative estimate of drug-likeness (QED) is 0.494. The van der Waals surface area contributed by atoms with E-state index in [4.69, 9.17) is 0 Å². The summed E-state index contributed by atoms with van der Waals surface area (Å²) in [4.78, 5) is 23.6. The molecule has 28 heavy (non-hydrogen) atoms. The Bertz CT molecular complexity index is 813. The van der Waals surface area contributed by atoms with E-state index in [0.717, 1.165) is 10.6 Å². The molecule has 1 N–H and O–H groups in total. The van der Waals surface area contributed by atoms with Gasteiger partial charge in [-0.1, -0.05) is 40.7 Å². The molecule has 0 spiro atoms. The number of carbonyl (C=O) groups is 1. The molecule has 0 aliphatic carbocycles. The summed E-state index contributed by atoms with van der Waals surface area (Å²) in [6.07, 6.45) is 1.23. The number of non-ortho nitro benzene ring substituents is 1. The van der Waals surface area contributed by atoms with Crippen LogP contribution in [0.1, 0.15) is 46.6 Å². The van der Waals surface area contributed by atoms with E-state index in [1.807, 2.05) is 27.7 Å². The summed E-state index contributed by atoms with van der Waals surface area (Å²) in [5.41, 5.74) is 0.447. The van der Waals surface area contributed by atoms with Crippen LogP contribution >= 0.6 is 0 Å². The van der Waals surface area contributed by atoms with Crippen molar-refractivity contribution in [2.75, 3.05) is 10.6 Å². The molecule has 158 valence electrons. The molecule has 8 nitrogen and oxygen atoms in total. The zero-order valence-corrected chi connectivity index (χ0v) is 18.4. The van der Waals surface area contributed by atoms with E-state index in [0.29, 0.717) is 5.56 Å². The number of benzene rings is 1. The van der Waals surface area contributed by atoms with Crippen molar-refractivity contribution < 1.29 is 18.1 Å². The smallest absolute Gasteiger partial charge is 0.271 e. The van der Waals surface area contributed by atoms with Gasteiger partial charge in [0, 0.05) is 18.2 Å². The van der Waals surface area contributed by atoms with Gasteiger partial charge in [0.15, 0.2) is 0 Å². The lowest BCUT2D eigenvalue weighted by Crippen LogP contribution is -2.53. The highest BCUT2D eigenvalue weighted by Gasteiger charge is 2.34. The number of nitrogens with zero attached hydrogens (tertiary/aromatic N) is 2. The molecule has 0 bridgehead atoms. The predicted molar refractivity (Wildman–Crippen MR) is 111 cm³/mol. The molecule has 0 saturated heterocycles. The van der Waals surface area contributed by atoms with Gasteiger partial charge in [0.1, 0.15) is 6.04 Å². The van der Waals surface area contributed by atoms with Gasteiger partial charge >= 0.3 is 0 Å². The fourth-order valence-electron chi connectivity index (χ4n) is 3.35. The molecule has 1 unspecified atom stereocenters. The van der Waals surface area contributed by atoms with Crippen molar-refractivity contribution in [1.82, 2.24) is 5.32 Å². The molecule has 0 aliphatic rings. The molecule has 0 fully saturated rings. The summed E-state index contributed by atoms with van der Waals surface area (Å²) in [6, 6.07) is 2.88. The number of rotatable bonds is 9. The molecule has 1 rings (SSSR count). The number of amides is 1. The van der Waals surface area contributed by atoms with E-state index in [2.05, 4.69) is 5.32 Å². The lowest BCUT2D eigenvalue weighted by atomic mass is 9.93. The van der Waals surface area contributed by atoms with Gasteiger partial charge in [0.2, 0.25) is 15.9 Å². The molecule has 9 heteroatoms. The summed E-state index contributed by atoms with van der Waals surface area (Å²) in [6.45, 7) is 11.3. The molecule has 1 amide bonds. The number of carbonyl (C=O) groups excluding carboxylic acids is 1. The van der Waals surface area contributed by atoms with E-state index in [1.165, 1.54) is 18.2 Å². The second kappa shape index (κ2) is 9.36. The second-order valence-electron chi connectivity index (χ2n) is 7.73. The fourth-order valence-corrected chi connectivity index (χ4v) is 4.61. The Morgan fingerprint density at radius 1 is 1.21 bits per heavy atom. The number of hydrogen-bond donors (Lipinski definition) is 1. The lowest BCUT2D eigenvalue weighted by Gasteiger charge is -2.34. The third kappa shape index (κ3) is 5.67. The Labute approximate surface area is 167 Å². The summed E-state index contributed by atoms with van der Waals surface area (Å²) < 4.78 is 26.2. The Morgan fingerprint density at radius 2 is 1.75 bits per heavy atom. The number of sulfonamides is 1. The first-order valence-corrected chi connectivity index (χ1v) is 11.2. The first kappa shape index (κ1) is 23.9. The average Bonchev–Trinajstić information content (AvgIpc) is 2.56. The third-order valence-electron chi connectivity index (χ3n) is 4.72. The van der Waals surface area contributed by atoms with Gasteiger partial charge in [-0.25, -0.2) is 8.42 Å². The fraction of sp³-hybridized carbons (Fsp3) is 0.632. The Kier molecular flexibility index (Phi) is 7.98. The maximum absolute atomic E-state index is 13.0. The van der Waals surface area contributed by atoms with Gasteiger partial charge in [-0.3, -0.25) is 19.2 Å². The van der Waals surface area contributed by atoms with E-state index >= 15 is 0 Å². The minimum atomic E-state index is -3.87. The number of aryl methyl sites for hydroxylation is 1. The van der Waals surface area contributed by atoms with Crippen LogP contribution in [0.25, 0.3) is 0 Å². The van der Waals surface area contributed by atoms with Crippen molar-refractivity contribution in [2.45, 2.75) is 60.0 Å². The number of nitro benzene ring substituents is 1. The first-order chi connectivity index (χ1) is 12.8. The largest absolute Gasteiger partial charge is 0.351 e. The molecular formula is C19H31N3O5S. The highest BCUT2D eigenvalue weighted by Crippen LogP contribution is 2.30. The van der Waals surface area contributed by atoms with Crippen LogP contribution in [0.3, 0.4) is 0 Å². The highest BCUT2D eigenvalue weighted by atomic mass is 32.2. The normalized spacial score (nSPS) is 13.1. The van der Waals surface area contributed by atoms with Crippen LogP contribution in [0.2, 0.25) is 0 Å². The standard InChI is InChI=1S/C19H31N3O5S/c1-8-16(19(23)20-18(12(2)3)13(4)5)21(28(7,26)27)17-11-15(22(24)25)10-9-14(17)6/h9-13,16,18H,8H2,1-7H3,(H,20,23). The molecular weight excluding hydrogens is 382 g/mol. The molecule has 0 radical (unpaired) electrons. The minimum absolute atomic E-state index is 0.117. The molecule has 1 aromatic rings. The summed E-state index contributed by atoms with van der Waals surface area (Å²) in [5, 5.41) is 14.1. The van der Waals surface area contributed by atoms with E-state index in [9.17, 15) is 23.3 Å². The second-order valence-corrected chi connectivity index (χ2v) is 9.59. The molecule has 0 aromatic heterocycles. The van der Waals surface area contributed by atoms with Gasteiger partial charge < -0.3 is 5.32 Å². The van der Waals surface area contributed by atoms with Gasteiger partial charge in [0.25, 0.3) is 5.69 Å². The number of hydrogen-bond acceptors (Lipinski definition) is 5. The van der Waals surface area contributed by atoms with Crippen molar-refractivity contribution in [2.24, 2.45) is 11.8 Å². The van der Waals surface area contributed by atoms with Crippen molar-refractivity contribution in [3.63, 3.8) is 0 Å². The predicted octanol–water partition coefficient (Wildman–Crippen LogP) is 3.24. The van der Waals surface area contributed by atoms with Gasteiger partial charge in [0.05, 0.1) is 16.9 Å². The highest BCUT2D eigenvalue weighted by molar-refractivity contribution is 7.92. The van der Waals surface area contributed by atoms with Gasteiger partial charge in [-0.05, 0) is 30.7 Å². The average molecular weight is 414 g/mol. The SMILES string of the molecule is CCC(C(=O)NC(C(C)C)C(C)C)N(c1cc([N+](=O)[O-])ccc1C)S(C)(=O)=O. The molecule has 1 aromatic carbocycles. The zero-order valence-electron chi connectivity index (χ0n) is 17.6. The molecule has 1 atom stereocenters. The van der Waals surface area contributed by atoms with Crippen molar-refractivity contribution in [3.8, 4) is 0 Å². The Hall–Kier alpha value is -2.16. The van der Waals surface area contributed by atoms with Crippen LogP contribution < -0.4 is 9.62 Å². The van der Waals surface area contributed by atoms with Gasteiger partial charge in [-0.15, -0.1) is 0 Å². The maximum atomic E-state index is 13.0. The Morgan fingerprint density at radius 3 is 2.14 bits per heavy atom. The van der Waals surface area contributed by atoms with Crippen LogP contribution in [0.5, 0.6) is 0 Å². The van der Waals surface area contributed by atoms with Crippen LogP contribution in [-0.2, 0) is 14.8 Å². The van der Waals surface area contributed by atoms with E-state index in [1.54, 1.807) is 13.8 Å². The molecule has 0 aliphatic heterocycles. The number of anilines is 1. The molecule has 0 saturated carbocycles. The topological polar surface area (TPSA) is 110 Å². The van der Waals surface area contributed by atoms with Crippen LogP contribution in [0, 0.1) is 28.9 Å². The van der Waals surface area contributed by atoms with Crippen molar-refractivity contribution >= 4 is 27.3 Å². The summed E-state index contributed by atoms with van der Waals surface area (Å²) >= 11 is 0. The monoisotopic (exact) mass is 413 g/mol. The van der Waals surface area contributed by atoms with Crippen LogP contribution in [-0.4, -0.2) is 37.6 Å².